The van der Waals surface area contributed by atoms with Gasteiger partial charge in [-0.05, 0) is 42.8 Å². The van der Waals surface area contributed by atoms with Crippen LogP contribution in [0.15, 0.2) is 57.3 Å². The number of amidine groups is 1. The number of anilines is 1. The molecule has 0 unspecified atom stereocenters. The first kappa shape index (κ1) is 15.5. The van der Waals surface area contributed by atoms with Crippen LogP contribution in [0.2, 0.25) is 0 Å². The number of benzene rings is 1. The Kier molecular flexibility index (Phi) is 4.57. The van der Waals surface area contributed by atoms with Crippen LogP contribution in [-0.2, 0) is 4.79 Å². The zero-order valence-corrected chi connectivity index (χ0v) is 13.2. The second-order valence-corrected chi connectivity index (χ2v) is 5.98. The highest BCUT2D eigenvalue weighted by atomic mass is 32.2. The number of hydrogen-bond acceptors (Lipinski definition) is 5. The maximum Gasteiger partial charge on any atom is 0.246 e. The molecule has 0 radical (unpaired) electrons. The first-order chi connectivity index (χ1) is 11.2. The zero-order chi connectivity index (χ0) is 16.2. The van der Waals surface area contributed by atoms with Crippen molar-refractivity contribution in [2.75, 3.05) is 4.90 Å². The Labute approximate surface area is 136 Å². The molecule has 2 aromatic rings. The van der Waals surface area contributed by atoms with Crippen LogP contribution in [-0.4, -0.2) is 22.5 Å². The normalized spacial score (nSPS) is 20.1. The van der Waals surface area contributed by atoms with Gasteiger partial charge in [0.2, 0.25) is 5.91 Å². The minimum absolute atomic E-state index is 0.0731. The molecule has 1 fully saturated rings. The Morgan fingerprint density at radius 2 is 2.13 bits per heavy atom. The summed E-state index contributed by atoms with van der Waals surface area (Å²) >= 11 is 1.35. The molecule has 0 aliphatic carbocycles. The minimum atomic E-state index is -0.352. The molecule has 3 rings (SSSR count). The number of furan rings is 1. The Morgan fingerprint density at radius 1 is 1.35 bits per heavy atom. The van der Waals surface area contributed by atoms with Crippen LogP contribution in [0.5, 0.6) is 0 Å². The lowest BCUT2D eigenvalue weighted by molar-refractivity contribution is -0.116. The van der Waals surface area contributed by atoms with Crippen molar-refractivity contribution in [3.8, 4) is 0 Å². The molecule has 0 spiro atoms. The largest absolute Gasteiger partial charge is 0.463 e. The molecular weight excluding hydrogens is 317 g/mol. The highest BCUT2D eigenvalue weighted by Gasteiger charge is 2.38. The van der Waals surface area contributed by atoms with Crippen molar-refractivity contribution in [2.24, 2.45) is 10.2 Å². The number of nitrogens with zero attached hydrogens (tertiary/aromatic N) is 3. The molecule has 1 amide bonds. The van der Waals surface area contributed by atoms with E-state index in [4.69, 9.17) is 4.42 Å². The van der Waals surface area contributed by atoms with Crippen molar-refractivity contribution in [2.45, 2.75) is 18.6 Å². The van der Waals surface area contributed by atoms with E-state index in [2.05, 4.69) is 10.2 Å². The number of hydrogen-bond donors (Lipinski definition) is 0. The van der Waals surface area contributed by atoms with E-state index in [0.717, 1.165) is 0 Å². The van der Waals surface area contributed by atoms with Gasteiger partial charge in [-0.15, -0.1) is 5.10 Å². The summed E-state index contributed by atoms with van der Waals surface area (Å²) in [6.45, 7) is 1.94. The summed E-state index contributed by atoms with van der Waals surface area (Å²) in [5.74, 6) is 0.148. The topological polar surface area (TPSA) is 58.2 Å². The van der Waals surface area contributed by atoms with E-state index in [1.165, 1.54) is 35.0 Å². The number of amides is 1. The first-order valence-corrected chi connectivity index (χ1v) is 7.97. The van der Waals surface area contributed by atoms with Gasteiger partial charge in [0, 0.05) is 0 Å². The van der Waals surface area contributed by atoms with E-state index in [-0.39, 0.29) is 17.0 Å². The number of carbonyl (C=O) groups is 1. The molecule has 1 saturated heterocycles. The number of carbonyl (C=O) groups excluding carboxylic acids is 1. The number of thioether (sulfide) groups is 1. The van der Waals surface area contributed by atoms with E-state index in [1.807, 2.05) is 6.92 Å². The fourth-order valence-electron chi connectivity index (χ4n) is 2.12. The van der Waals surface area contributed by atoms with Crippen molar-refractivity contribution in [1.82, 2.24) is 0 Å². The fraction of sp³-hybridized carbons (Fsp3) is 0.188. The summed E-state index contributed by atoms with van der Waals surface area (Å²) in [5.41, 5.74) is 0.576. The van der Waals surface area contributed by atoms with Gasteiger partial charge >= 0.3 is 0 Å². The average Bonchev–Trinajstić information content (AvgIpc) is 3.17. The van der Waals surface area contributed by atoms with Gasteiger partial charge in [0.05, 0.1) is 23.4 Å². The quantitative estimate of drug-likeness (QED) is 0.634. The summed E-state index contributed by atoms with van der Waals surface area (Å²) < 4.78 is 18.2. The summed E-state index contributed by atoms with van der Waals surface area (Å²) in [6, 6.07) is 9.24. The summed E-state index contributed by atoms with van der Waals surface area (Å²) in [4.78, 5) is 14.0. The highest BCUT2D eigenvalue weighted by molar-refractivity contribution is 8.16. The van der Waals surface area contributed by atoms with Gasteiger partial charge in [-0.1, -0.05) is 18.7 Å². The molecule has 5 nitrogen and oxygen atoms in total. The van der Waals surface area contributed by atoms with Gasteiger partial charge < -0.3 is 4.42 Å². The fourth-order valence-corrected chi connectivity index (χ4v) is 3.15. The van der Waals surface area contributed by atoms with Gasteiger partial charge in [-0.2, -0.15) is 5.10 Å². The molecule has 0 saturated carbocycles. The van der Waals surface area contributed by atoms with Gasteiger partial charge in [-0.3, -0.25) is 9.69 Å². The third-order valence-electron chi connectivity index (χ3n) is 3.26. The van der Waals surface area contributed by atoms with Crippen molar-refractivity contribution in [3.05, 3.63) is 54.2 Å². The van der Waals surface area contributed by atoms with Crippen LogP contribution >= 0.6 is 11.8 Å². The van der Waals surface area contributed by atoms with Crippen LogP contribution < -0.4 is 4.90 Å². The Bertz CT molecular complexity index is 741. The van der Waals surface area contributed by atoms with Crippen LogP contribution in [0, 0.1) is 5.82 Å². The molecule has 23 heavy (non-hydrogen) atoms. The second-order valence-electron chi connectivity index (χ2n) is 4.81. The van der Waals surface area contributed by atoms with Gasteiger partial charge in [-0.25, -0.2) is 4.39 Å². The molecule has 1 aliphatic heterocycles. The summed E-state index contributed by atoms with van der Waals surface area (Å²) in [6.07, 6.45) is 3.70. The van der Waals surface area contributed by atoms with Gasteiger partial charge in [0.25, 0.3) is 0 Å². The van der Waals surface area contributed by atoms with Gasteiger partial charge in [0.1, 0.15) is 11.6 Å². The number of halogens is 1. The van der Waals surface area contributed by atoms with E-state index < -0.39 is 0 Å². The maximum absolute atomic E-state index is 13.1. The Hall–Kier alpha value is -2.41. The molecular formula is C16H14FN3O2S. The van der Waals surface area contributed by atoms with Crippen molar-refractivity contribution in [1.29, 1.82) is 0 Å². The molecule has 7 heteroatoms. The predicted octanol–water partition coefficient (Wildman–Crippen LogP) is 3.67. The smallest absolute Gasteiger partial charge is 0.246 e. The summed E-state index contributed by atoms with van der Waals surface area (Å²) in [7, 11) is 0. The van der Waals surface area contributed by atoms with Crippen LogP contribution in [0.4, 0.5) is 10.1 Å². The zero-order valence-electron chi connectivity index (χ0n) is 12.3. The van der Waals surface area contributed by atoms with E-state index in [9.17, 15) is 9.18 Å². The van der Waals surface area contributed by atoms with E-state index in [0.29, 0.717) is 23.0 Å². The molecule has 0 N–H and O–H groups in total. The monoisotopic (exact) mass is 331 g/mol. The average molecular weight is 331 g/mol. The third kappa shape index (κ3) is 3.34. The lowest BCUT2D eigenvalue weighted by atomic mass is 10.2. The second kappa shape index (κ2) is 6.78. The van der Waals surface area contributed by atoms with Crippen molar-refractivity contribution in [3.63, 3.8) is 0 Å². The highest BCUT2D eigenvalue weighted by Crippen LogP contribution is 2.33. The first-order valence-electron chi connectivity index (χ1n) is 7.09. The Balaban J connectivity index is 1.89. The molecule has 1 aliphatic rings. The third-order valence-corrected chi connectivity index (χ3v) is 4.56. The van der Waals surface area contributed by atoms with Crippen LogP contribution in [0.3, 0.4) is 0 Å². The predicted molar refractivity (Wildman–Crippen MR) is 89.3 cm³/mol. The van der Waals surface area contributed by atoms with Gasteiger partial charge in [0.15, 0.2) is 5.17 Å². The lowest BCUT2D eigenvalue weighted by Gasteiger charge is -2.15. The molecule has 118 valence electrons. The van der Waals surface area contributed by atoms with E-state index >= 15 is 0 Å². The standard InChI is InChI=1S/C16H14FN3O2S/c1-2-14-15(21)20(12-7-5-11(17)6-8-12)16(23-14)19-18-10-13-4-3-9-22-13/h3-10,14H,2H2,1H3/b18-10-,19-16-/t14-/m0/s1. The maximum atomic E-state index is 13.1. The minimum Gasteiger partial charge on any atom is -0.463 e. The molecule has 1 atom stereocenters. The van der Waals surface area contributed by atoms with Crippen molar-refractivity contribution >= 4 is 34.7 Å². The molecule has 0 bridgehead atoms. The molecule has 1 aromatic heterocycles. The van der Waals surface area contributed by atoms with Crippen LogP contribution in [0.25, 0.3) is 0 Å². The lowest BCUT2D eigenvalue weighted by Crippen LogP contribution is -2.31. The molecule has 1 aromatic carbocycles. The SMILES string of the molecule is CC[C@@H]1S/C(=N\N=C/c2ccco2)N(c2ccc(F)cc2)C1=O. The molecule has 2 heterocycles. The van der Waals surface area contributed by atoms with E-state index in [1.54, 1.807) is 30.5 Å². The van der Waals surface area contributed by atoms with Crippen molar-refractivity contribution < 1.29 is 13.6 Å². The van der Waals surface area contributed by atoms with Crippen LogP contribution in [0.1, 0.15) is 19.1 Å². The number of rotatable bonds is 4. The Morgan fingerprint density at radius 3 is 2.78 bits per heavy atom. The summed E-state index contributed by atoms with van der Waals surface area (Å²) in [5, 5.41) is 8.36.